The second-order valence-corrected chi connectivity index (χ2v) is 16.8. The number of fused-ring (bicyclic) bond motifs is 4. The number of carbonyl (C=O) groups is 2. The summed E-state index contributed by atoms with van der Waals surface area (Å²) in [5, 5.41) is 0. The number of amides is 1. The zero-order chi connectivity index (χ0) is 34.1. The van der Waals surface area contributed by atoms with Gasteiger partial charge in [-0.3, -0.25) is 4.79 Å². The molecule has 5 nitrogen and oxygen atoms in total. The van der Waals surface area contributed by atoms with Crippen molar-refractivity contribution in [1.82, 2.24) is 9.80 Å². The topological polar surface area (TPSA) is 43.9 Å². The lowest BCUT2D eigenvalue weighted by Crippen LogP contribution is -2.53. The zero-order valence-corrected chi connectivity index (χ0v) is 30.8. The highest BCUT2D eigenvalue weighted by molar-refractivity contribution is 5.96. The Balaban J connectivity index is 1.45. The number of hydrogen-bond donors (Lipinski definition) is 0. The van der Waals surface area contributed by atoms with Crippen LogP contribution in [0.3, 0.4) is 0 Å². The number of likely N-dealkylation sites (tertiary alicyclic amines) is 1. The molecule has 256 valence electrons. The Morgan fingerprint density at radius 1 is 1.00 bits per heavy atom. The van der Waals surface area contributed by atoms with Gasteiger partial charge in [0.2, 0.25) is 0 Å². The number of nitrogens with zero attached hydrogens (tertiary/aromatic N) is 3. The minimum Gasteiger partial charge on any atom is -0.371 e. The number of allylic oxidation sites excluding steroid dienone is 3. The summed E-state index contributed by atoms with van der Waals surface area (Å²) in [6.45, 7) is 20.2. The molecule has 0 aromatic heterocycles. The third-order valence-electron chi connectivity index (χ3n) is 12.7. The largest absolute Gasteiger partial charge is 0.371 e. The lowest BCUT2D eigenvalue weighted by atomic mass is 9.54. The van der Waals surface area contributed by atoms with Crippen LogP contribution < -0.4 is 4.90 Å². The molecule has 1 amide bonds. The van der Waals surface area contributed by atoms with Crippen LogP contribution in [0.4, 0.5) is 5.69 Å². The normalized spacial score (nSPS) is 26.3. The molecule has 0 radical (unpaired) electrons. The predicted octanol–water partition coefficient (Wildman–Crippen LogP) is 8.45. The number of hydrogen-bond acceptors (Lipinski definition) is 4. The number of Topliss-reactive ketones (excluding diaryl/α,β-unsaturated/α-hetero) is 1. The molecule has 4 atom stereocenters. The summed E-state index contributed by atoms with van der Waals surface area (Å²) in [6.07, 6.45) is 12.4. The first-order valence-electron chi connectivity index (χ1n) is 18.8. The van der Waals surface area contributed by atoms with Gasteiger partial charge in [-0.1, -0.05) is 62.8 Å². The number of anilines is 1. The van der Waals surface area contributed by atoms with Crippen molar-refractivity contribution in [2.75, 3.05) is 38.1 Å². The van der Waals surface area contributed by atoms with E-state index in [0.29, 0.717) is 31.2 Å². The van der Waals surface area contributed by atoms with Gasteiger partial charge in [0.05, 0.1) is 0 Å². The van der Waals surface area contributed by atoms with Crippen molar-refractivity contribution in [2.24, 2.45) is 17.8 Å². The summed E-state index contributed by atoms with van der Waals surface area (Å²) < 4.78 is 0. The average Bonchev–Trinajstić information content (AvgIpc) is 3.04. The molecule has 2 aromatic rings. The van der Waals surface area contributed by atoms with Gasteiger partial charge in [0.25, 0.3) is 5.91 Å². The molecule has 1 fully saturated rings. The van der Waals surface area contributed by atoms with Crippen molar-refractivity contribution in [3.8, 4) is 0 Å². The third-order valence-corrected chi connectivity index (χ3v) is 12.7. The maximum Gasteiger partial charge on any atom is 0.253 e. The van der Waals surface area contributed by atoms with Crippen LogP contribution in [-0.2, 0) is 23.1 Å². The summed E-state index contributed by atoms with van der Waals surface area (Å²) in [5.41, 5.74) is 12.6. The van der Waals surface area contributed by atoms with Gasteiger partial charge in [0.1, 0.15) is 5.78 Å². The Morgan fingerprint density at radius 3 is 2.46 bits per heavy atom. The molecule has 5 heteroatoms. The molecule has 48 heavy (non-hydrogen) atoms. The van der Waals surface area contributed by atoms with Crippen LogP contribution in [0.25, 0.3) is 0 Å². The predicted molar refractivity (Wildman–Crippen MR) is 197 cm³/mol. The van der Waals surface area contributed by atoms with Crippen LogP contribution in [-0.4, -0.2) is 60.3 Å². The maximum absolute atomic E-state index is 14.3. The summed E-state index contributed by atoms with van der Waals surface area (Å²) in [5.74, 6) is 1.40. The van der Waals surface area contributed by atoms with E-state index in [4.69, 9.17) is 0 Å². The van der Waals surface area contributed by atoms with E-state index in [-0.39, 0.29) is 34.5 Å². The number of rotatable bonds is 7. The lowest BCUT2D eigenvalue weighted by molar-refractivity contribution is -0.117. The minimum atomic E-state index is -0.0901. The fourth-order valence-corrected chi connectivity index (χ4v) is 10.8. The molecular weight excluding hydrogens is 590 g/mol. The number of piperidine rings is 1. The summed E-state index contributed by atoms with van der Waals surface area (Å²) >= 11 is 0. The molecule has 3 aliphatic heterocycles. The van der Waals surface area contributed by atoms with E-state index < -0.39 is 0 Å². The standard InChI is InChI=1S/C43H57N3O2/c1-9-46-37-25-36-34(24-33(37)27(2)26-42(46,4)5)38(30-17-10-11-18-31(30)41(48)44(8)20-12-15-28(3)47)35-23-29-16-13-21-45-22-14-19-32(40(29)45)39(35)43(36,6)7/h10-11,17-18,23-25,27,33,36,38H,9,12-16,19-22,26H2,1-8H3. The van der Waals surface area contributed by atoms with E-state index >= 15 is 0 Å². The molecule has 0 bridgehead atoms. The van der Waals surface area contributed by atoms with Gasteiger partial charge in [0, 0.05) is 85.3 Å². The zero-order valence-electron chi connectivity index (χ0n) is 30.8. The van der Waals surface area contributed by atoms with Gasteiger partial charge < -0.3 is 19.5 Å². The molecule has 7 rings (SSSR count). The van der Waals surface area contributed by atoms with Gasteiger partial charge in [-0.15, -0.1) is 0 Å². The molecule has 0 N–H and O–H groups in total. The molecule has 2 aliphatic carbocycles. The van der Waals surface area contributed by atoms with Crippen molar-refractivity contribution in [1.29, 1.82) is 0 Å². The Morgan fingerprint density at radius 2 is 1.73 bits per heavy atom. The second kappa shape index (κ2) is 12.2. The van der Waals surface area contributed by atoms with Gasteiger partial charge in [-0.05, 0) is 106 Å². The minimum absolute atomic E-state index is 0.0256. The van der Waals surface area contributed by atoms with E-state index in [1.54, 1.807) is 18.1 Å². The van der Waals surface area contributed by atoms with Crippen LogP contribution in [0.1, 0.15) is 125 Å². The molecule has 0 saturated carbocycles. The van der Waals surface area contributed by atoms with Crippen LogP contribution in [0.5, 0.6) is 0 Å². The van der Waals surface area contributed by atoms with Crippen molar-refractivity contribution in [3.05, 3.63) is 87.1 Å². The Hall–Kier alpha value is -3.34. The lowest BCUT2D eigenvalue weighted by Gasteiger charge is -2.56. The van der Waals surface area contributed by atoms with E-state index in [9.17, 15) is 9.59 Å². The van der Waals surface area contributed by atoms with Crippen LogP contribution in [0, 0.1) is 17.8 Å². The first kappa shape index (κ1) is 33.2. The van der Waals surface area contributed by atoms with Crippen molar-refractivity contribution in [3.63, 3.8) is 0 Å². The fourth-order valence-electron chi connectivity index (χ4n) is 10.8. The van der Waals surface area contributed by atoms with Crippen molar-refractivity contribution < 1.29 is 9.59 Å². The van der Waals surface area contributed by atoms with Crippen molar-refractivity contribution in [2.45, 2.75) is 110 Å². The SMILES string of the molecule is CCN1C2=CC3C(=CC2C(C)CC1(C)C)C(c1ccccc1C(=O)N(C)CCCC(C)=O)c1cc2c4c(c1C3(C)C)CCCN4CCC2. The molecular formula is C43H57N3O2. The Kier molecular flexibility index (Phi) is 8.44. The molecule has 0 spiro atoms. The van der Waals surface area contributed by atoms with E-state index in [1.165, 1.54) is 40.9 Å². The monoisotopic (exact) mass is 647 g/mol. The van der Waals surface area contributed by atoms with Gasteiger partial charge in [0.15, 0.2) is 0 Å². The summed E-state index contributed by atoms with van der Waals surface area (Å²) in [6, 6.07) is 11.0. The quantitative estimate of drug-likeness (QED) is 0.283. The third kappa shape index (κ3) is 5.26. The van der Waals surface area contributed by atoms with Crippen LogP contribution >= 0.6 is 0 Å². The van der Waals surface area contributed by atoms with E-state index in [1.807, 2.05) is 24.1 Å². The number of carbonyl (C=O) groups excluding carboxylic acids is 2. The molecule has 3 heterocycles. The molecule has 2 aromatic carbocycles. The maximum atomic E-state index is 14.3. The van der Waals surface area contributed by atoms with Gasteiger partial charge >= 0.3 is 0 Å². The highest BCUT2D eigenvalue weighted by atomic mass is 16.2. The number of benzene rings is 2. The molecule has 1 saturated heterocycles. The number of aryl methyl sites for hydroxylation is 1. The highest BCUT2D eigenvalue weighted by Gasteiger charge is 2.51. The molecule has 5 aliphatic rings. The molecule has 4 unspecified atom stereocenters. The first-order valence-corrected chi connectivity index (χ1v) is 18.8. The second-order valence-electron chi connectivity index (χ2n) is 16.8. The summed E-state index contributed by atoms with van der Waals surface area (Å²) in [4.78, 5) is 33.2. The van der Waals surface area contributed by atoms with Gasteiger partial charge in [-0.25, -0.2) is 0 Å². The Bertz CT molecular complexity index is 1690. The first-order chi connectivity index (χ1) is 22.8. The Labute approximate surface area is 289 Å². The number of ketones is 1. The fraction of sp³-hybridized carbons (Fsp3) is 0.581. The van der Waals surface area contributed by atoms with Crippen molar-refractivity contribution >= 4 is 17.4 Å². The van der Waals surface area contributed by atoms with E-state index in [2.05, 4.69) is 81.7 Å². The van der Waals surface area contributed by atoms with Gasteiger partial charge in [-0.2, -0.15) is 0 Å². The highest BCUT2D eigenvalue weighted by Crippen LogP contribution is 2.60. The average molecular weight is 648 g/mol. The summed E-state index contributed by atoms with van der Waals surface area (Å²) in [7, 11) is 1.90. The van der Waals surface area contributed by atoms with Crippen LogP contribution in [0.2, 0.25) is 0 Å². The smallest absolute Gasteiger partial charge is 0.253 e. The van der Waals surface area contributed by atoms with Crippen LogP contribution in [0.15, 0.2) is 53.8 Å². The van der Waals surface area contributed by atoms with E-state index in [0.717, 1.165) is 50.0 Å².